The van der Waals surface area contributed by atoms with E-state index in [0.29, 0.717) is 0 Å². The zero-order valence-electron chi connectivity index (χ0n) is 13.0. The van der Waals surface area contributed by atoms with Crippen LogP contribution in [0.3, 0.4) is 0 Å². The highest BCUT2D eigenvalue weighted by molar-refractivity contribution is 7.99. The van der Waals surface area contributed by atoms with Crippen LogP contribution in [0.4, 0.5) is 0 Å². The Balaban J connectivity index is 0.00000192. The third kappa shape index (κ3) is 4.50. The smallest absolute Gasteiger partial charge is 0.238 e. The van der Waals surface area contributed by atoms with Crippen molar-refractivity contribution < 1.29 is 4.79 Å². The van der Waals surface area contributed by atoms with E-state index < -0.39 is 0 Å². The molecule has 2 atom stereocenters. The summed E-state index contributed by atoms with van der Waals surface area (Å²) in [4.78, 5) is 12.1. The Morgan fingerprint density at radius 1 is 1.13 bits per heavy atom. The van der Waals surface area contributed by atoms with Gasteiger partial charge in [-0.25, -0.2) is 0 Å². The van der Waals surface area contributed by atoms with Crippen LogP contribution in [-0.2, 0) is 4.79 Å². The van der Waals surface area contributed by atoms with Crippen LogP contribution in [-0.4, -0.2) is 23.6 Å². The third-order valence-electron chi connectivity index (χ3n) is 3.91. The summed E-state index contributed by atoms with van der Waals surface area (Å²) in [5.74, 6) is 1.80. The minimum atomic E-state index is -0.0592. The largest absolute Gasteiger partial charge is 0.348 e. The van der Waals surface area contributed by atoms with E-state index in [1.165, 1.54) is 11.1 Å². The molecule has 0 bridgehead atoms. The van der Waals surface area contributed by atoms with Gasteiger partial charge in [-0.1, -0.05) is 54.6 Å². The highest BCUT2D eigenvalue weighted by Crippen LogP contribution is 2.22. The summed E-state index contributed by atoms with van der Waals surface area (Å²) in [6.07, 6.45) is 0. The molecule has 2 aromatic rings. The average molecular weight is 349 g/mol. The van der Waals surface area contributed by atoms with E-state index in [1.807, 2.05) is 25.1 Å². The van der Waals surface area contributed by atoms with E-state index in [2.05, 4.69) is 47.0 Å². The summed E-state index contributed by atoms with van der Waals surface area (Å²) < 4.78 is 0. The SMILES string of the molecule is CC(NC(=O)C1CSCN1)c1ccc(-c2ccccc2)cc1.Cl. The molecule has 0 saturated carbocycles. The number of carbonyl (C=O) groups excluding carboxylic acids is 1. The average Bonchev–Trinajstić information content (AvgIpc) is 3.10. The van der Waals surface area contributed by atoms with Gasteiger partial charge in [-0.2, -0.15) is 0 Å². The molecule has 23 heavy (non-hydrogen) atoms. The van der Waals surface area contributed by atoms with Gasteiger partial charge in [0.25, 0.3) is 0 Å². The van der Waals surface area contributed by atoms with Gasteiger partial charge in [0, 0.05) is 11.6 Å². The maximum atomic E-state index is 12.1. The summed E-state index contributed by atoms with van der Waals surface area (Å²) in [5, 5.41) is 6.28. The van der Waals surface area contributed by atoms with Crippen LogP contribution in [0.1, 0.15) is 18.5 Å². The van der Waals surface area contributed by atoms with Gasteiger partial charge in [0.2, 0.25) is 5.91 Å². The number of hydrogen-bond acceptors (Lipinski definition) is 3. The van der Waals surface area contributed by atoms with Crippen LogP contribution < -0.4 is 10.6 Å². The number of nitrogens with one attached hydrogen (secondary N) is 2. The van der Waals surface area contributed by atoms with Crippen LogP contribution in [0.15, 0.2) is 54.6 Å². The lowest BCUT2D eigenvalue weighted by Crippen LogP contribution is -2.42. The molecule has 1 aliphatic heterocycles. The molecule has 2 aromatic carbocycles. The molecule has 3 rings (SSSR count). The van der Waals surface area contributed by atoms with Crippen molar-refractivity contribution in [1.29, 1.82) is 0 Å². The zero-order chi connectivity index (χ0) is 15.4. The molecule has 122 valence electrons. The summed E-state index contributed by atoms with van der Waals surface area (Å²) in [6.45, 7) is 2.03. The molecular formula is C18H21ClN2OS. The third-order valence-corrected chi connectivity index (χ3v) is 4.85. The molecule has 0 radical (unpaired) electrons. The molecule has 0 aromatic heterocycles. The van der Waals surface area contributed by atoms with Gasteiger partial charge in [-0.3, -0.25) is 10.1 Å². The van der Waals surface area contributed by atoms with Gasteiger partial charge in [-0.15, -0.1) is 24.2 Å². The predicted molar refractivity (Wildman–Crippen MR) is 99.9 cm³/mol. The number of halogens is 1. The molecule has 0 aliphatic carbocycles. The molecule has 2 unspecified atom stereocenters. The molecule has 1 amide bonds. The Hall–Kier alpha value is -1.49. The lowest BCUT2D eigenvalue weighted by atomic mass is 10.0. The normalized spacial score (nSPS) is 18.0. The van der Waals surface area contributed by atoms with E-state index in [9.17, 15) is 4.79 Å². The van der Waals surface area contributed by atoms with Gasteiger partial charge in [0.05, 0.1) is 12.1 Å². The topological polar surface area (TPSA) is 41.1 Å². The van der Waals surface area contributed by atoms with Gasteiger partial charge in [-0.05, 0) is 23.6 Å². The highest BCUT2D eigenvalue weighted by Gasteiger charge is 2.23. The van der Waals surface area contributed by atoms with E-state index in [-0.39, 0.29) is 30.4 Å². The van der Waals surface area contributed by atoms with Crippen molar-refractivity contribution in [3.05, 3.63) is 60.2 Å². The quantitative estimate of drug-likeness (QED) is 0.886. The Morgan fingerprint density at radius 3 is 2.39 bits per heavy atom. The number of rotatable bonds is 4. The van der Waals surface area contributed by atoms with Crippen molar-refractivity contribution in [1.82, 2.24) is 10.6 Å². The van der Waals surface area contributed by atoms with E-state index in [1.54, 1.807) is 11.8 Å². The summed E-state index contributed by atoms with van der Waals surface area (Å²) in [5.41, 5.74) is 3.52. The van der Waals surface area contributed by atoms with Crippen LogP contribution in [0.2, 0.25) is 0 Å². The van der Waals surface area contributed by atoms with Gasteiger partial charge in [0.15, 0.2) is 0 Å². The van der Waals surface area contributed by atoms with Crippen molar-refractivity contribution in [3.63, 3.8) is 0 Å². The summed E-state index contributed by atoms with van der Waals surface area (Å²) >= 11 is 1.76. The Bertz CT molecular complexity index is 627. The van der Waals surface area contributed by atoms with Crippen LogP contribution in [0, 0.1) is 0 Å². The van der Waals surface area contributed by atoms with E-state index >= 15 is 0 Å². The lowest BCUT2D eigenvalue weighted by molar-refractivity contribution is -0.123. The predicted octanol–water partition coefficient (Wildman–Crippen LogP) is 3.62. The van der Waals surface area contributed by atoms with Gasteiger partial charge >= 0.3 is 0 Å². The fourth-order valence-electron chi connectivity index (χ4n) is 2.56. The standard InChI is InChI=1S/C18H20N2OS.ClH/c1-13(20-18(21)17-11-22-12-19-17)14-7-9-16(10-8-14)15-5-3-2-4-6-15;/h2-10,13,17,19H,11-12H2,1H3,(H,20,21);1H. The van der Waals surface area contributed by atoms with E-state index in [0.717, 1.165) is 17.2 Å². The second-order valence-corrected chi connectivity index (χ2v) is 6.52. The zero-order valence-corrected chi connectivity index (χ0v) is 14.6. The van der Waals surface area contributed by atoms with Gasteiger partial charge in [0.1, 0.15) is 0 Å². The number of amides is 1. The lowest BCUT2D eigenvalue weighted by Gasteiger charge is -2.17. The molecule has 1 heterocycles. The minimum Gasteiger partial charge on any atom is -0.348 e. The molecule has 2 N–H and O–H groups in total. The van der Waals surface area contributed by atoms with Crippen LogP contribution in [0.25, 0.3) is 11.1 Å². The number of hydrogen-bond donors (Lipinski definition) is 2. The molecule has 5 heteroatoms. The molecule has 0 spiro atoms. The summed E-state index contributed by atoms with van der Waals surface area (Å²) in [6, 6.07) is 18.7. The highest BCUT2D eigenvalue weighted by atomic mass is 35.5. The Labute approximate surface area is 147 Å². The molecule has 3 nitrogen and oxygen atoms in total. The monoisotopic (exact) mass is 348 g/mol. The molecule has 1 fully saturated rings. The first-order valence-corrected chi connectivity index (χ1v) is 8.66. The van der Waals surface area contributed by atoms with E-state index in [4.69, 9.17) is 0 Å². The van der Waals surface area contributed by atoms with Crippen LogP contribution in [0.5, 0.6) is 0 Å². The Kier molecular flexibility index (Phi) is 6.51. The summed E-state index contributed by atoms with van der Waals surface area (Å²) in [7, 11) is 0. The van der Waals surface area contributed by atoms with Crippen LogP contribution >= 0.6 is 24.2 Å². The first-order valence-electron chi connectivity index (χ1n) is 7.51. The molecular weight excluding hydrogens is 328 g/mol. The second-order valence-electron chi connectivity index (χ2n) is 5.49. The maximum absolute atomic E-state index is 12.1. The van der Waals surface area contributed by atoms with Crippen molar-refractivity contribution in [2.75, 3.05) is 11.6 Å². The fraction of sp³-hybridized carbons (Fsp3) is 0.278. The van der Waals surface area contributed by atoms with Crippen molar-refractivity contribution >= 4 is 30.1 Å². The number of carbonyl (C=O) groups is 1. The first-order chi connectivity index (χ1) is 10.7. The molecule has 1 aliphatic rings. The Morgan fingerprint density at radius 2 is 1.78 bits per heavy atom. The fourth-order valence-corrected chi connectivity index (χ4v) is 3.50. The van der Waals surface area contributed by atoms with Crippen molar-refractivity contribution in [2.24, 2.45) is 0 Å². The van der Waals surface area contributed by atoms with Gasteiger partial charge < -0.3 is 5.32 Å². The van der Waals surface area contributed by atoms with Crippen molar-refractivity contribution in [3.8, 4) is 11.1 Å². The number of thioether (sulfide) groups is 1. The molecule has 1 saturated heterocycles. The number of benzene rings is 2. The minimum absolute atomic E-state index is 0. The van der Waals surface area contributed by atoms with Crippen molar-refractivity contribution in [2.45, 2.75) is 19.0 Å². The maximum Gasteiger partial charge on any atom is 0.238 e. The first kappa shape index (κ1) is 17.9. The second kappa shape index (κ2) is 8.39.